The molecular weight excluding hydrogens is 417 g/mol. The van der Waals surface area contributed by atoms with Crippen molar-refractivity contribution >= 4 is 23.3 Å². The molecule has 0 aromatic heterocycles. The first-order valence-electron chi connectivity index (χ1n) is 11.3. The van der Waals surface area contributed by atoms with Crippen LogP contribution in [0.25, 0.3) is 11.6 Å². The maximum atomic E-state index is 14.6. The molecule has 4 aliphatic rings. The zero-order valence-corrected chi connectivity index (χ0v) is 19.8. The van der Waals surface area contributed by atoms with Gasteiger partial charge in [0.2, 0.25) is 5.91 Å². The van der Waals surface area contributed by atoms with Crippen molar-refractivity contribution in [3.63, 3.8) is 0 Å². The Morgan fingerprint density at radius 2 is 2.09 bits per heavy atom. The number of halogens is 1. The second kappa shape index (κ2) is 7.70. The molecule has 0 bridgehead atoms. The van der Waals surface area contributed by atoms with Crippen LogP contribution in [0.5, 0.6) is 0 Å². The number of carbonyl (C=O) groups excluding carboxylic acids is 1. The Labute approximate surface area is 194 Å². The van der Waals surface area contributed by atoms with Crippen molar-refractivity contribution in [3.8, 4) is 0 Å². The van der Waals surface area contributed by atoms with Crippen LogP contribution in [0.15, 0.2) is 52.4 Å². The second-order valence-corrected chi connectivity index (χ2v) is 9.96. The van der Waals surface area contributed by atoms with Crippen LogP contribution in [-0.2, 0) is 4.79 Å². The molecule has 1 amide bonds. The van der Waals surface area contributed by atoms with E-state index in [0.717, 1.165) is 39.2 Å². The Morgan fingerprint density at radius 1 is 1.30 bits per heavy atom. The Balaban J connectivity index is 1.62. The number of fused-ring (bicyclic) bond motifs is 2. The van der Waals surface area contributed by atoms with Gasteiger partial charge in [-0.1, -0.05) is 26.0 Å². The Hall–Kier alpha value is -3.19. The standard InChI is InChI=1S/C26H30FN5O/c1-26(2)20(8-9-28-22(26)12-23(33)31(3)4)19-14-32(5)13-18-17-11-16(27)10-15-6-7-21(24(15)17)29-30-25(18)19/h6-8,10-11,13,22,28,30H,9,12,14H2,1-5H3. The lowest BCUT2D eigenvalue weighted by Gasteiger charge is -2.43. The van der Waals surface area contributed by atoms with Crippen LogP contribution in [0.3, 0.4) is 0 Å². The number of allylic oxidation sites excluding steroid dienone is 2. The molecule has 3 heterocycles. The summed E-state index contributed by atoms with van der Waals surface area (Å²) in [4.78, 5) is 16.3. The summed E-state index contributed by atoms with van der Waals surface area (Å²) in [5, 5.41) is 8.22. The van der Waals surface area contributed by atoms with Gasteiger partial charge in [-0.05, 0) is 34.9 Å². The van der Waals surface area contributed by atoms with Crippen molar-refractivity contribution < 1.29 is 9.18 Å². The molecule has 1 aromatic rings. The maximum Gasteiger partial charge on any atom is 0.223 e. The first-order valence-corrected chi connectivity index (χ1v) is 11.3. The Bertz CT molecular complexity index is 1200. The van der Waals surface area contributed by atoms with Crippen molar-refractivity contribution in [3.05, 3.63) is 69.8 Å². The van der Waals surface area contributed by atoms with Gasteiger partial charge in [-0.3, -0.25) is 10.2 Å². The smallest absolute Gasteiger partial charge is 0.223 e. The lowest BCUT2D eigenvalue weighted by molar-refractivity contribution is -0.129. The maximum absolute atomic E-state index is 14.6. The van der Waals surface area contributed by atoms with Crippen molar-refractivity contribution in [2.45, 2.75) is 26.3 Å². The fourth-order valence-electron chi connectivity index (χ4n) is 5.30. The molecule has 3 aliphatic heterocycles. The summed E-state index contributed by atoms with van der Waals surface area (Å²) in [6, 6.07) is 3.17. The lowest BCUT2D eigenvalue weighted by atomic mass is 9.69. The number of hydrogen-bond acceptors (Lipinski definition) is 5. The highest BCUT2D eigenvalue weighted by atomic mass is 19.1. The van der Waals surface area contributed by atoms with Gasteiger partial charge in [-0.15, -0.1) is 0 Å². The van der Waals surface area contributed by atoms with Crippen molar-refractivity contribution in [2.24, 2.45) is 10.5 Å². The molecule has 2 N–H and O–H groups in total. The molecule has 1 atom stereocenters. The molecule has 0 fully saturated rings. The van der Waals surface area contributed by atoms with Crippen LogP contribution in [0.1, 0.15) is 37.0 Å². The van der Waals surface area contributed by atoms with Gasteiger partial charge in [-0.25, -0.2) is 4.39 Å². The van der Waals surface area contributed by atoms with E-state index < -0.39 is 0 Å². The summed E-state index contributed by atoms with van der Waals surface area (Å²) in [7, 11) is 5.62. The molecular formula is C26H30FN5O. The summed E-state index contributed by atoms with van der Waals surface area (Å²) in [6.45, 7) is 5.77. The van der Waals surface area contributed by atoms with Gasteiger partial charge in [0.05, 0.1) is 11.4 Å². The van der Waals surface area contributed by atoms with E-state index in [9.17, 15) is 9.18 Å². The average Bonchev–Trinajstić information content (AvgIpc) is 3.08. The number of hydrogen-bond donors (Lipinski definition) is 2. The fraction of sp³-hybridized carbons (Fsp3) is 0.385. The molecule has 1 unspecified atom stereocenters. The highest BCUT2D eigenvalue weighted by Gasteiger charge is 2.40. The number of rotatable bonds is 3. The van der Waals surface area contributed by atoms with Gasteiger partial charge in [0.15, 0.2) is 0 Å². The molecule has 7 heteroatoms. The quantitative estimate of drug-likeness (QED) is 0.748. The monoisotopic (exact) mass is 447 g/mol. The van der Waals surface area contributed by atoms with Crippen molar-refractivity contribution in [2.75, 3.05) is 34.2 Å². The Kier molecular flexibility index (Phi) is 5.05. The normalized spacial score (nSPS) is 22.5. The zero-order chi connectivity index (χ0) is 23.5. The molecule has 172 valence electrons. The lowest BCUT2D eigenvalue weighted by Crippen LogP contribution is -2.50. The number of hydrazone groups is 1. The largest absolute Gasteiger partial charge is 0.375 e. The van der Waals surface area contributed by atoms with Crippen molar-refractivity contribution in [1.82, 2.24) is 20.5 Å². The van der Waals surface area contributed by atoms with Crippen LogP contribution in [0.2, 0.25) is 0 Å². The summed E-state index contributed by atoms with van der Waals surface area (Å²) in [5.41, 5.74) is 10.7. The van der Waals surface area contributed by atoms with Gasteiger partial charge in [0, 0.05) is 75.0 Å². The third-order valence-corrected chi connectivity index (χ3v) is 7.16. The highest BCUT2D eigenvalue weighted by molar-refractivity contribution is 6.20. The van der Waals surface area contributed by atoms with E-state index in [2.05, 4.69) is 41.8 Å². The van der Waals surface area contributed by atoms with E-state index in [0.29, 0.717) is 19.5 Å². The predicted octanol–water partition coefficient (Wildman–Crippen LogP) is 3.10. The second-order valence-electron chi connectivity index (χ2n) is 9.96. The van der Waals surface area contributed by atoms with Gasteiger partial charge in [0.25, 0.3) is 0 Å². The van der Waals surface area contributed by atoms with E-state index in [1.807, 2.05) is 19.2 Å². The van der Waals surface area contributed by atoms with Crippen LogP contribution in [0, 0.1) is 11.2 Å². The van der Waals surface area contributed by atoms with Crippen LogP contribution < -0.4 is 10.7 Å². The molecule has 0 saturated heterocycles. The number of carbonyl (C=O) groups is 1. The zero-order valence-electron chi connectivity index (χ0n) is 19.8. The molecule has 6 nitrogen and oxygen atoms in total. The summed E-state index contributed by atoms with van der Waals surface area (Å²) < 4.78 is 14.6. The first-order chi connectivity index (χ1) is 15.7. The fourth-order valence-corrected chi connectivity index (χ4v) is 5.30. The van der Waals surface area contributed by atoms with Crippen LogP contribution in [-0.4, -0.2) is 61.7 Å². The molecule has 0 radical (unpaired) electrons. The molecule has 1 aliphatic carbocycles. The molecule has 0 saturated carbocycles. The van der Waals surface area contributed by atoms with Gasteiger partial charge in [-0.2, -0.15) is 5.10 Å². The van der Waals surface area contributed by atoms with E-state index >= 15 is 0 Å². The van der Waals surface area contributed by atoms with Crippen LogP contribution >= 0.6 is 0 Å². The predicted molar refractivity (Wildman–Crippen MR) is 130 cm³/mol. The van der Waals surface area contributed by atoms with Gasteiger partial charge in [0.1, 0.15) is 5.82 Å². The van der Waals surface area contributed by atoms with E-state index in [-0.39, 0.29) is 23.2 Å². The SMILES string of the molecule is CN1C=C2C(=C(C3=CCNC(CC(=O)N(C)C)C3(C)C)C1)NN=C1C=Cc3cc(F)cc2c31. The minimum atomic E-state index is -0.289. The first kappa shape index (κ1) is 21.6. The average molecular weight is 448 g/mol. The van der Waals surface area contributed by atoms with E-state index in [4.69, 9.17) is 5.10 Å². The summed E-state index contributed by atoms with van der Waals surface area (Å²) in [5.74, 6) is -0.149. The van der Waals surface area contributed by atoms with Crippen molar-refractivity contribution in [1.29, 1.82) is 0 Å². The summed E-state index contributed by atoms with van der Waals surface area (Å²) in [6.07, 6.45) is 8.56. The van der Waals surface area contributed by atoms with Gasteiger partial charge >= 0.3 is 0 Å². The summed E-state index contributed by atoms with van der Waals surface area (Å²) >= 11 is 0. The highest BCUT2D eigenvalue weighted by Crippen LogP contribution is 2.44. The third kappa shape index (κ3) is 3.51. The van der Waals surface area contributed by atoms with E-state index in [1.54, 1.807) is 31.1 Å². The third-order valence-electron chi connectivity index (χ3n) is 7.16. The number of nitrogens with one attached hydrogen (secondary N) is 2. The number of nitrogens with zero attached hydrogens (tertiary/aromatic N) is 3. The number of amides is 1. The molecule has 0 spiro atoms. The molecule has 33 heavy (non-hydrogen) atoms. The van der Waals surface area contributed by atoms with E-state index in [1.165, 1.54) is 5.57 Å². The topological polar surface area (TPSA) is 60.0 Å². The molecule has 5 rings (SSSR count). The minimum Gasteiger partial charge on any atom is -0.375 e. The van der Waals surface area contributed by atoms with Crippen LogP contribution in [0.4, 0.5) is 4.39 Å². The minimum absolute atomic E-state index is 0.00292. The number of benzene rings is 1. The van der Waals surface area contributed by atoms with Gasteiger partial charge < -0.3 is 15.1 Å². The number of likely N-dealkylation sites (N-methyl/N-ethyl adjacent to an activating group) is 1. The molecule has 1 aromatic carbocycles. The Morgan fingerprint density at radius 3 is 2.85 bits per heavy atom.